The average Bonchev–Trinajstić information content (AvgIpc) is 3.12. The van der Waals surface area contributed by atoms with Crippen molar-refractivity contribution in [2.24, 2.45) is 0 Å². The van der Waals surface area contributed by atoms with Gasteiger partial charge in [0.15, 0.2) is 5.65 Å². The van der Waals surface area contributed by atoms with Crippen molar-refractivity contribution in [2.45, 2.75) is 44.2 Å². The summed E-state index contributed by atoms with van der Waals surface area (Å²) >= 11 is 0. The van der Waals surface area contributed by atoms with Crippen LogP contribution in [-0.4, -0.2) is 49.9 Å². The molecule has 0 unspecified atom stereocenters. The zero-order valence-electron chi connectivity index (χ0n) is 17.6. The third-order valence-corrected chi connectivity index (χ3v) is 6.13. The third kappa shape index (κ3) is 3.54. The van der Waals surface area contributed by atoms with Gasteiger partial charge in [-0.05, 0) is 51.3 Å². The minimum Gasteiger partial charge on any atom is -0.388 e. The standard InChI is InChI=1S/C22H25FN6O2/c1-21(2,31)22(7-4-8-22)29-20(30)14-10-26-19-18(14)28-16(11-27-19)17(24)13-6-5-12(23)9-15(13)25-3/h5-6,9-11,24-25,31H,4,7-8H2,1-3H3,(H,26,27)(H,29,30). The number of hydrogen-bond acceptors (Lipinski definition) is 6. The number of aromatic nitrogens is 3. The fraction of sp³-hybridized carbons (Fsp3) is 0.364. The predicted octanol–water partition coefficient (Wildman–Crippen LogP) is 2.98. The van der Waals surface area contributed by atoms with Gasteiger partial charge in [0.2, 0.25) is 0 Å². The molecular weight excluding hydrogens is 399 g/mol. The SMILES string of the molecule is CNc1cc(F)ccc1C(=N)c1cnc2[nH]cc(C(=O)NC3(C(C)(C)O)CCC3)c2n1. The molecule has 1 amide bonds. The molecule has 1 fully saturated rings. The second kappa shape index (κ2) is 7.42. The third-order valence-electron chi connectivity index (χ3n) is 6.13. The van der Waals surface area contributed by atoms with Gasteiger partial charge < -0.3 is 20.7 Å². The maximum absolute atomic E-state index is 13.6. The van der Waals surface area contributed by atoms with Gasteiger partial charge in [-0.2, -0.15) is 0 Å². The molecule has 0 radical (unpaired) electrons. The lowest BCUT2D eigenvalue weighted by molar-refractivity contribution is -0.0581. The van der Waals surface area contributed by atoms with E-state index in [4.69, 9.17) is 5.41 Å². The van der Waals surface area contributed by atoms with E-state index in [1.165, 1.54) is 30.6 Å². The van der Waals surface area contributed by atoms with Gasteiger partial charge in [-0.25, -0.2) is 14.4 Å². The van der Waals surface area contributed by atoms with Crippen molar-refractivity contribution in [2.75, 3.05) is 12.4 Å². The molecule has 0 spiro atoms. The molecule has 9 heteroatoms. The number of anilines is 1. The molecule has 1 saturated carbocycles. The van der Waals surface area contributed by atoms with Crippen LogP contribution in [-0.2, 0) is 0 Å². The monoisotopic (exact) mass is 424 g/mol. The number of H-pyrrole nitrogens is 1. The number of amides is 1. The number of fused-ring (bicyclic) bond motifs is 1. The van der Waals surface area contributed by atoms with Crippen LogP contribution >= 0.6 is 0 Å². The molecule has 1 aliphatic carbocycles. The van der Waals surface area contributed by atoms with Gasteiger partial charge in [0.05, 0.1) is 28.6 Å². The Bertz CT molecular complexity index is 1180. The van der Waals surface area contributed by atoms with E-state index in [1.54, 1.807) is 20.9 Å². The van der Waals surface area contributed by atoms with Gasteiger partial charge >= 0.3 is 0 Å². The summed E-state index contributed by atoms with van der Waals surface area (Å²) in [4.78, 5) is 24.8. The largest absolute Gasteiger partial charge is 0.388 e. The molecule has 2 heterocycles. The molecule has 162 valence electrons. The van der Waals surface area contributed by atoms with Crippen LogP contribution in [0.25, 0.3) is 11.2 Å². The number of carbonyl (C=O) groups is 1. The number of rotatable bonds is 6. The van der Waals surface area contributed by atoms with Gasteiger partial charge in [0.1, 0.15) is 17.0 Å². The first-order valence-corrected chi connectivity index (χ1v) is 10.1. The van der Waals surface area contributed by atoms with Gasteiger partial charge in [0, 0.05) is 24.5 Å². The highest BCUT2D eigenvalue weighted by molar-refractivity contribution is 6.14. The summed E-state index contributed by atoms with van der Waals surface area (Å²) in [6.45, 7) is 3.39. The van der Waals surface area contributed by atoms with E-state index < -0.39 is 17.0 Å². The summed E-state index contributed by atoms with van der Waals surface area (Å²) in [5, 5.41) is 25.0. The number of nitrogens with zero attached hydrogens (tertiary/aromatic N) is 2. The zero-order chi connectivity index (χ0) is 22.4. The lowest BCUT2D eigenvalue weighted by atomic mass is 9.66. The topological polar surface area (TPSA) is 127 Å². The minimum atomic E-state index is -1.06. The molecule has 2 aromatic heterocycles. The zero-order valence-corrected chi connectivity index (χ0v) is 17.6. The van der Waals surface area contributed by atoms with Crippen molar-refractivity contribution < 1.29 is 14.3 Å². The minimum absolute atomic E-state index is 0.0539. The van der Waals surface area contributed by atoms with Crippen molar-refractivity contribution in [3.8, 4) is 0 Å². The van der Waals surface area contributed by atoms with Crippen molar-refractivity contribution in [1.29, 1.82) is 5.41 Å². The lowest BCUT2D eigenvalue weighted by Gasteiger charge is -2.50. The maximum atomic E-state index is 13.6. The van der Waals surface area contributed by atoms with Crippen molar-refractivity contribution >= 4 is 28.5 Å². The summed E-state index contributed by atoms with van der Waals surface area (Å²) in [5.41, 5.74) is 0.535. The van der Waals surface area contributed by atoms with E-state index in [0.717, 1.165) is 6.42 Å². The Morgan fingerprint density at radius 2 is 2.06 bits per heavy atom. The molecular formula is C22H25FN6O2. The van der Waals surface area contributed by atoms with Crippen molar-refractivity contribution in [3.63, 3.8) is 0 Å². The number of aromatic amines is 1. The quantitative estimate of drug-likeness (QED) is 0.389. The molecule has 0 aliphatic heterocycles. The molecule has 1 aliphatic rings. The first-order chi connectivity index (χ1) is 14.6. The molecule has 3 aromatic rings. The first-order valence-electron chi connectivity index (χ1n) is 10.1. The summed E-state index contributed by atoms with van der Waals surface area (Å²) in [5.74, 6) is -0.771. The van der Waals surface area contributed by atoms with Gasteiger partial charge in [-0.3, -0.25) is 10.2 Å². The molecule has 5 N–H and O–H groups in total. The highest BCUT2D eigenvalue weighted by atomic mass is 19.1. The normalized spacial score (nSPS) is 15.4. The van der Waals surface area contributed by atoms with Crippen molar-refractivity contribution in [3.05, 3.63) is 53.2 Å². The van der Waals surface area contributed by atoms with E-state index in [2.05, 4.69) is 25.6 Å². The molecule has 0 bridgehead atoms. The number of hydrogen-bond donors (Lipinski definition) is 5. The summed E-state index contributed by atoms with van der Waals surface area (Å²) in [7, 11) is 1.65. The molecule has 0 atom stereocenters. The average molecular weight is 424 g/mol. The van der Waals surface area contributed by atoms with Crippen LogP contribution < -0.4 is 10.6 Å². The van der Waals surface area contributed by atoms with E-state index in [9.17, 15) is 14.3 Å². The fourth-order valence-electron chi connectivity index (χ4n) is 3.97. The van der Waals surface area contributed by atoms with Crippen molar-refractivity contribution in [1.82, 2.24) is 20.3 Å². The molecule has 0 saturated heterocycles. The highest BCUT2D eigenvalue weighted by Crippen LogP contribution is 2.41. The smallest absolute Gasteiger partial charge is 0.255 e. The van der Waals surface area contributed by atoms with Crippen LogP contribution in [0.2, 0.25) is 0 Å². The summed E-state index contributed by atoms with van der Waals surface area (Å²) < 4.78 is 13.6. The Morgan fingerprint density at radius 1 is 1.32 bits per heavy atom. The Balaban J connectivity index is 1.68. The predicted molar refractivity (Wildman–Crippen MR) is 116 cm³/mol. The first kappa shape index (κ1) is 20.9. The number of nitrogens with one attached hydrogen (secondary N) is 4. The fourth-order valence-corrected chi connectivity index (χ4v) is 3.97. The number of benzene rings is 1. The van der Waals surface area contributed by atoms with Crippen LogP contribution in [0.5, 0.6) is 0 Å². The van der Waals surface area contributed by atoms with Gasteiger partial charge in [-0.1, -0.05) is 0 Å². The van der Waals surface area contributed by atoms with Crippen LogP contribution in [0.4, 0.5) is 10.1 Å². The molecule has 4 rings (SSSR count). The van der Waals surface area contributed by atoms with E-state index >= 15 is 0 Å². The van der Waals surface area contributed by atoms with Gasteiger partial charge in [0.25, 0.3) is 5.91 Å². The maximum Gasteiger partial charge on any atom is 0.255 e. The number of halogens is 1. The summed E-state index contributed by atoms with van der Waals surface area (Å²) in [6.07, 6.45) is 5.30. The highest BCUT2D eigenvalue weighted by Gasteiger charge is 2.49. The van der Waals surface area contributed by atoms with E-state index in [-0.39, 0.29) is 17.3 Å². The number of carbonyl (C=O) groups excluding carboxylic acids is 1. The Labute approximate surface area is 178 Å². The van der Waals surface area contributed by atoms with Crippen LogP contribution in [0, 0.1) is 11.2 Å². The molecule has 1 aromatic carbocycles. The molecule has 8 nitrogen and oxygen atoms in total. The van der Waals surface area contributed by atoms with Gasteiger partial charge in [-0.15, -0.1) is 0 Å². The second-order valence-electron chi connectivity index (χ2n) is 8.42. The molecule has 31 heavy (non-hydrogen) atoms. The van der Waals surface area contributed by atoms with E-state index in [1.807, 2.05) is 0 Å². The van der Waals surface area contributed by atoms with E-state index in [0.29, 0.717) is 40.8 Å². The van der Waals surface area contributed by atoms with Crippen LogP contribution in [0.3, 0.4) is 0 Å². The lowest BCUT2D eigenvalue weighted by Crippen LogP contribution is -2.65. The van der Waals surface area contributed by atoms with Crippen LogP contribution in [0.1, 0.15) is 54.7 Å². The Kier molecular flexibility index (Phi) is 5.01. The Morgan fingerprint density at radius 3 is 2.68 bits per heavy atom. The number of aliphatic hydroxyl groups is 1. The summed E-state index contributed by atoms with van der Waals surface area (Å²) in [6, 6.07) is 4.09. The Hall–Kier alpha value is -3.33. The second-order valence-corrected chi connectivity index (χ2v) is 8.42. The van der Waals surface area contributed by atoms with Crippen LogP contribution in [0.15, 0.2) is 30.6 Å².